The Labute approximate surface area is 181 Å². The van der Waals surface area contributed by atoms with E-state index in [1.807, 2.05) is 30.3 Å². The molecule has 6 nitrogen and oxygen atoms in total. The van der Waals surface area contributed by atoms with E-state index >= 15 is 0 Å². The molecule has 0 aromatic heterocycles. The lowest BCUT2D eigenvalue weighted by molar-refractivity contribution is 0.0697. The van der Waals surface area contributed by atoms with Crippen molar-refractivity contribution in [1.29, 1.82) is 0 Å². The van der Waals surface area contributed by atoms with Crippen LogP contribution in [0.4, 0.5) is 0 Å². The molecule has 1 N–H and O–H groups in total. The van der Waals surface area contributed by atoms with E-state index in [4.69, 9.17) is 18.9 Å². The fraction of sp³-hybridized carbons (Fsp3) is 0.160. The van der Waals surface area contributed by atoms with Crippen LogP contribution in [0, 0.1) is 11.8 Å². The molecule has 0 aliphatic rings. The van der Waals surface area contributed by atoms with E-state index in [1.165, 1.54) is 21.3 Å². The molecule has 0 spiro atoms. The zero-order chi connectivity index (χ0) is 22.4. The van der Waals surface area contributed by atoms with Crippen LogP contribution in [0.2, 0.25) is 0 Å². The van der Waals surface area contributed by atoms with Gasteiger partial charge in [-0.3, -0.25) is 0 Å². The van der Waals surface area contributed by atoms with Crippen molar-refractivity contribution >= 4 is 5.97 Å². The second-order valence-electron chi connectivity index (χ2n) is 6.50. The van der Waals surface area contributed by atoms with Gasteiger partial charge in [-0.2, -0.15) is 0 Å². The Kier molecular flexibility index (Phi) is 6.68. The van der Waals surface area contributed by atoms with Crippen LogP contribution in [0.5, 0.6) is 23.0 Å². The third kappa shape index (κ3) is 4.90. The van der Waals surface area contributed by atoms with E-state index in [0.29, 0.717) is 33.9 Å². The van der Waals surface area contributed by atoms with E-state index in [1.54, 1.807) is 31.4 Å². The lowest BCUT2D eigenvalue weighted by atomic mass is 9.99. The number of rotatable bonds is 6. The van der Waals surface area contributed by atoms with Gasteiger partial charge in [-0.15, -0.1) is 0 Å². The Bertz CT molecular complexity index is 1130. The molecule has 0 bridgehead atoms. The van der Waals surface area contributed by atoms with Gasteiger partial charge in [-0.05, 0) is 65.7 Å². The van der Waals surface area contributed by atoms with Crippen molar-refractivity contribution in [3.05, 3.63) is 71.3 Å². The summed E-state index contributed by atoms with van der Waals surface area (Å²) < 4.78 is 21.3. The van der Waals surface area contributed by atoms with Crippen molar-refractivity contribution in [2.24, 2.45) is 0 Å². The highest BCUT2D eigenvalue weighted by Gasteiger charge is 2.15. The fourth-order valence-electron chi connectivity index (χ4n) is 3.06. The normalized spacial score (nSPS) is 9.94. The first-order chi connectivity index (χ1) is 15.0. The minimum Gasteiger partial charge on any atom is -0.497 e. The third-order valence-corrected chi connectivity index (χ3v) is 4.62. The summed E-state index contributed by atoms with van der Waals surface area (Å²) in [5.41, 5.74) is 2.86. The highest BCUT2D eigenvalue weighted by molar-refractivity contribution is 5.90. The minimum absolute atomic E-state index is 0.130. The van der Waals surface area contributed by atoms with Crippen LogP contribution in [-0.4, -0.2) is 39.5 Å². The van der Waals surface area contributed by atoms with Crippen LogP contribution in [0.15, 0.2) is 54.6 Å². The molecule has 0 atom stereocenters. The second kappa shape index (κ2) is 9.59. The number of carboxylic acids is 1. The molecule has 3 aromatic rings. The van der Waals surface area contributed by atoms with E-state index in [0.717, 1.165) is 11.3 Å². The zero-order valence-electron chi connectivity index (χ0n) is 17.7. The largest absolute Gasteiger partial charge is 0.497 e. The topological polar surface area (TPSA) is 74.2 Å². The molecule has 3 rings (SSSR count). The molecule has 0 unspecified atom stereocenters. The van der Waals surface area contributed by atoms with Crippen LogP contribution in [0.25, 0.3) is 11.1 Å². The number of carboxylic acid groups (broad SMARTS) is 1. The maximum atomic E-state index is 11.7. The van der Waals surface area contributed by atoms with Gasteiger partial charge in [0.05, 0.1) is 34.0 Å². The summed E-state index contributed by atoms with van der Waals surface area (Å²) >= 11 is 0. The average Bonchev–Trinajstić information content (AvgIpc) is 2.81. The maximum Gasteiger partial charge on any atom is 0.335 e. The van der Waals surface area contributed by atoms with E-state index in [9.17, 15) is 9.90 Å². The molecule has 0 fully saturated rings. The molecule has 158 valence electrons. The quantitative estimate of drug-likeness (QED) is 0.595. The monoisotopic (exact) mass is 418 g/mol. The highest BCUT2D eigenvalue weighted by Crippen LogP contribution is 2.41. The lowest BCUT2D eigenvalue weighted by Gasteiger charge is -2.14. The molecule has 6 heteroatoms. The predicted molar refractivity (Wildman–Crippen MR) is 117 cm³/mol. The van der Waals surface area contributed by atoms with E-state index in [2.05, 4.69) is 11.8 Å². The Morgan fingerprint density at radius 3 is 1.81 bits per heavy atom. The Morgan fingerprint density at radius 1 is 0.710 bits per heavy atom. The molecule has 3 aromatic carbocycles. The third-order valence-electron chi connectivity index (χ3n) is 4.62. The van der Waals surface area contributed by atoms with Gasteiger partial charge in [-0.25, -0.2) is 4.79 Å². The fourth-order valence-corrected chi connectivity index (χ4v) is 3.06. The van der Waals surface area contributed by atoms with Gasteiger partial charge >= 0.3 is 5.97 Å². The number of ether oxygens (including phenoxy) is 4. The first-order valence-corrected chi connectivity index (χ1v) is 9.34. The molecule has 0 aliphatic heterocycles. The summed E-state index contributed by atoms with van der Waals surface area (Å²) in [7, 11) is 6.18. The number of hydrogen-bond acceptors (Lipinski definition) is 5. The van der Waals surface area contributed by atoms with Crippen molar-refractivity contribution in [1.82, 2.24) is 0 Å². The smallest absolute Gasteiger partial charge is 0.335 e. The van der Waals surface area contributed by atoms with Gasteiger partial charge in [0.15, 0.2) is 11.5 Å². The van der Waals surface area contributed by atoms with Gasteiger partial charge in [-0.1, -0.05) is 11.8 Å². The number of benzene rings is 3. The van der Waals surface area contributed by atoms with Crippen molar-refractivity contribution in [2.45, 2.75) is 0 Å². The molecule has 31 heavy (non-hydrogen) atoms. The number of carbonyl (C=O) groups is 1. The lowest BCUT2D eigenvalue weighted by Crippen LogP contribution is -1.99. The van der Waals surface area contributed by atoms with E-state index < -0.39 is 5.97 Å². The van der Waals surface area contributed by atoms with Gasteiger partial charge in [0, 0.05) is 11.1 Å². The molecule has 0 radical (unpaired) electrons. The Balaban J connectivity index is 2.09. The zero-order valence-corrected chi connectivity index (χ0v) is 17.7. The summed E-state index contributed by atoms with van der Waals surface area (Å²) in [5.74, 6) is 7.21. The molecule has 0 saturated heterocycles. The number of aromatic carboxylic acids is 1. The predicted octanol–water partition coefficient (Wildman–Crippen LogP) is 4.49. The molecule has 0 saturated carbocycles. The van der Waals surface area contributed by atoms with Crippen molar-refractivity contribution < 1.29 is 28.8 Å². The Morgan fingerprint density at radius 2 is 1.29 bits per heavy atom. The average molecular weight is 418 g/mol. The van der Waals surface area contributed by atoms with Gasteiger partial charge < -0.3 is 24.1 Å². The first-order valence-electron chi connectivity index (χ1n) is 9.34. The van der Waals surface area contributed by atoms with Gasteiger partial charge in [0.25, 0.3) is 0 Å². The number of hydrogen-bond donors (Lipinski definition) is 1. The summed E-state index contributed by atoms with van der Waals surface area (Å²) in [6, 6.07) is 15.8. The van der Waals surface area contributed by atoms with Crippen LogP contribution in [0.3, 0.4) is 0 Å². The van der Waals surface area contributed by atoms with Crippen molar-refractivity contribution in [3.8, 4) is 46.0 Å². The summed E-state index contributed by atoms with van der Waals surface area (Å²) in [6.45, 7) is 0. The Hall–Kier alpha value is -4.11. The molecule has 0 amide bonds. The van der Waals surface area contributed by atoms with Crippen LogP contribution >= 0.6 is 0 Å². The highest BCUT2D eigenvalue weighted by atomic mass is 16.5. The van der Waals surface area contributed by atoms with Crippen molar-refractivity contribution in [3.63, 3.8) is 0 Å². The summed E-state index contributed by atoms with van der Waals surface area (Å²) in [4.78, 5) is 11.7. The molecular formula is C25H22O6. The molecule has 0 heterocycles. The summed E-state index contributed by atoms with van der Waals surface area (Å²) in [5, 5.41) is 9.58. The van der Waals surface area contributed by atoms with Crippen molar-refractivity contribution in [2.75, 3.05) is 28.4 Å². The standard InChI is InChI=1S/C25H22O6/c1-28-21-9-7-16(8-10-21)5-6-17-11-18(13-20(12-17)25(26)27)19-14-22(29-2)24(31-4)23(15-19)30-3/h7-15H,1-4H3,(H,26,27). The van der Waals surface area contributed by atoms with Crippen LogP contribution in [-0.2, 0) is 0 Å². The van der Waals surface area contributed by atoms with Gasteiger partial charge in [0.2, 0.25) is 5.75 Å². The van der Waals surface area contributed by atoms with Crippen LogP contribution < -0.4 is 18.9 Å². The molecule has 0 aliphatic carbocycles. The SMILES string of the molecule is COc1ccc(C#Cc2cc(C(=O)O)cc(-c3cc(OC)c(OC)c(OC)c3)c2)cc1. The number of methoxy groups -OCH3 is 4. The minimum atomic E-state index is -1.04. The van der Waals surface area contributed by atoms with Gasteiger partial charge in [0.1, 0.15) is 5.75 Å². The molecular weight excluding hydrogens is 396 g/mol. The maximum absolute atomic E-state index is 11.7. The van der Waals surface area contributed by atoms with Crippen LogP contribution in [0.1, 0.15) is 21.5 Å². The second-order valence-corrected chi connectivity index (χ2v) is 6.50. The first kappa shape index (κ1) is 21.6. The summed E-state index contributed by atoms with van der Waals surface area (Å²) in [6.07, 6.45) is 0. The van der Waals surface area contributed by atoms with E-state index in [-0.39, 0.29) is 5.56 Å².